The molecule has 16 heavy (non-hydrogen) atoms. The summed E-state index contributed by atoms with van der Waals surface area (Å²) in [4.78, 5) is 4.20. The minimum atomic E-state index is -0.288. The van der Waals surface area contributed by atoms with E-state index < -0.39 is 0 Å². The van der Waals surface area contributed by atoms with E-state index in [9.17, 15) is 5.11 Å². The van der Waals surface area contributed by atoms with Gasteiger partial charge in [-0.2, -0.15) is 0 Å². The van der Waals surface area contributed by atoms with Crippen molar-refractivity contribution in [1.82, 2.24) is 9.38 Å². The highest BCUT2D eigenvalue weighted by atomic mass is 16.3. The number of rotatable bonds is 5. The van der Waals surface area contributed by atoms with Gasteiger partial charge in [0.15, 0.2) is 0 Å². The number of hydrogen-bond acceptors (Lipinski definition) is 3. The van der Waals surface area contributed by atoms with Gasteiger partial charge in [-0.3, -0.25) is 4.40 Å². The van der Waals surface area contributed by atoms with Gasteiger partial charge in [-0.05, 0) is 18.6 Å². The highest BCUT2D eigenvalue weighted by molar-refractivity contribution is 5.49. The number of anilines is 1. The largest absolute Gasteiger partial charge is 0.391 e. The molecule has 0 aliphatic heterocycles. The zero-order chi connectivity index (χ0) is 11.4. The summed E-state index contributed by atoms with van der Waals surface area (Å²) in [7, 11) is 0. The van der Waals surface area contributed by atoms with Crippen LogP contribution in [0.25, 0.3) is 5.65 Å². The Labute approximate surface area is 94.9 Å². The highest BCUT2D eigenvalue weighted by Gasteiger charge is 2.04. The van der Waals surface area contributed by atoms with Crippen LogP contribution in [0.2, 0.25) is 0 Å². The van der Waals surface area contributed by atoms with Crippen LogP contribution >= 0.6 is 0 Å². The summed E-state index contributed by atoms with van der Waals surface area (Å²) in [6.45, 7) is 2.64. The topological polar surface area (TPSA) is 49.6 Å². The normalized spacial score (nSPS) is 12.9. The molecule has 0 amide bonds. The third-order valence-electron chi connectivity index (χ3n) is 2.57. The van der Waals surface area contributed by atoms with Gasteiger partial charge >= 0.3 is 0 Å². The summed E-state index contributed by atoms with van der Waals surface area (Å²) in [6.07, 6.45) is 5.21. The number of pyridine rings is 1. The van der Waals surface area contributed by atoms with E-state index in [2.05, 4.69) is 17.2 Å². The Bertz CT molecular complexity index is 452. The van der Waals surface area contributed by atoms with E-state index in [1.54, 1.807) is 6.20 Å². The number of imidazole rings is 1. The van der Waals surface area contributed by atoms with E-state index in [0.717, 1.165) is 24.3 Å². The Kier molecular flexibility index (Phi) is 3.41. The first kappa shape index (κ1) is 11.0. The lowest BCUT2D eigenvalue weighted by atomic mass is 10.2. The molecule has 0 aliphatic carbocycles. The Balaban J connectivity index is 2.06. The van der Waals surface area contributed by atoms with Crippen molar-refractivity contribution in [2.75, 3.05) is 11.9 Å². The Hall–Kier alpha value is -1.55. The van der Waals surface area contributed by atoms with Crippen molar-refractivity contribution in [3.05, 3.63) is 30.6 Å². The van der Waals surface area contributed by atoms with E-state index in [-0.39, 0.29) is 6.10 Å². The lowest BCUT2D eigenvalue weighted by molar-refractivity contribution is 0.176. The molecule has 0 fully saturated rings. The third kappa shape index (κ3) is 2.33. The van der Waals surface area contributed by atoms with Gasteiger partial charge in [0.1, 0.15) is 11.5 Å². The monoisotopic (exact) mass is 219 g/mol. The number of aliphatic hydroxyl groups is 1. The molecule has 0 saturated carbocycles. The molecule has 4 heteroatoms. The Morgan fingerprint density at radius 1 is 1.50 bits per heavy atom. The van der Waals surface area contributed by atoms with Crippen molar-refractivity contribution in [2.45, 2.75) is 25.9 Å². The second-order valence-electron chi connectivity index (χ2n) is 3.89. The van der Waals surface area contributed by atoms with E-state index in [1.165, 1.54) is 0 Å². The molecule has 0 aliphatic rings. The van der Waals surface area contributed by atoms with Crippen LogP contribution in [0.4, 0.5) is 5.82 Å². The zero-order valence-corrected chi connectivity index (χ0v) is 9.43. The molecule has 0 aromatic carbocycles. The maximum absolute atomic E-state index is 9.65. The van der Waals surface area contributed by atoms with E-state index in [1.807, 2.05) is 28.8 Å². The van der Waals surface area contributed by atoms with Gasteiger partial charge in [0.05, 0.1) is 6.10 Å². The summed E-state index contributed by atoms with van der Waals surface area (Å²) < 4.78 is 1.97. The van der Waals surface area contributed by atoms with Gasteiger partial charge in [-0.1, -0.05) is 19.4 Å². The number of nitrogens with one attached hydrogen (secondary N) is 1. The first-order valence-corrected chi connectivity index (χ1v) is 5.65. The average Bonchev–Trinajstić information content (AvgIpc) is 2.75. The first-order valence-electron chi connectivity index (χ1n) is 5.65. The highest BCUT2D eigenvalue weighted by Crippen LogP contribution is 2.11. The summed E-state index contributed by atoms with van der Waals surface area (Å²) >= 11 is 0. The molecule has 2 aromatic rings. The molecule has 1 unspecified atom stereocenters. The number of nitrogens with zero attached hydrogens (tertiary/aromatic N) is 2. The maximum Gasteiger partial charge on any atom is 0.138 e. The quantitative estimate of drug-likeness (QED) is 0.807. The minimum absolute atomic E-state index is 0.288. The Morgan fingerprint density at radius 2 is 2.38 bits per heavy atom. The molecule has 86 valence electrons. The van der Waals surface area contributed by atoms with E-state index in [0.29, 0.717) is 6.54 Å². The first-order chi connectivity index (χ1) is 7.81. The molecule has 2 heterocycles. The lowest BCUT2D eigenvalue weighted by Gasteiger charge is -2.12. The molecular formula is C12H17N3O. The molecule has 0 bridgehead atoms. The molecule has 1 atom stereocenters. The average molecular weight is 219 g/mol. The summed E-state index contributed by atoms with van der Waals surface area (Å²) in [5.41, 5.74) is 0.912. The van der Waals surface area contributed by atoms with Gasteiger partial charge in [0.2, 0.25) is 0 Å². The molecule has 0 radical (unpaired) electrons. The fraction of sp³-hybridized carbons (Fsp3) is 0.417. The van der Waals surface area contributed by atoms with Crippen LogP contribution in [0, 0.1) is 0 Å². The van der Waals surface area contributed by atoms with Crippen molar-refractivity contribution in [1.29, 1.82) is 0 Å². The van der Waals surface area contributed by atoms with Crippen LogP contribution in [0.5, 0.6) is 0 Å². The lowest BCUT2D eigenvalue weighted by Crippen LogP contribution is -2.20. The van der Waals surface area contributed by atoms with Crippen molar-refractivity contribution in [2.24, 2.45) is 0 Å². The summed E-state index contributed by atoms with van der Waals surface area (Å²) in [5, 5.41) is 12.9. The number of fused-ring (bicyclic) bond motifs is 1. The molecule has 0 saturated heterocycles. The predicted octanol–water partition coefficient (Wildman–Crippen LogP) is 1.91. The molecule has 0 spiro atoms. The zero-order valence-electron chi connectivity index (χ0n) is 9.43. The van der Waals surface area contributed by atoms with E-state index >= 15 is 0 Å². The SMILES string of the molecule is CCCC(O)CNc1cccc2nccn12. The van der Waals surface area contributed by atoms with Crippen molar-refractivity contribution in [3.63, 3.8) is 0 Å². The minimum Gasteiger partial charge on any atom is -0.391 e. The van der Waals surface area contributed by atoms with Gasteiger partial charge in [-0.15, -0.1) is 0 Å². The number of hydrogen-bond donors (Lipinski definition) is 2. The third-order valence-corrected chi connectivity index (χ3v) is 2.57. The van der Waals surface area contributed by atoms with Crippen LogP contribution in [0.15, 0.2) is 30.6 Å². The molecule has 2 N–H and O–H groups in total. The number of aromatic nitrogens is 2. The number of aliphatic hydroxyl groups excluding tert-OH is 1. The summed E-state index contributed by atoms with van der Waals surface area (Å²) in [6, 6.07) is 5.89. The second kappa shape index (κ2) is 4.99. The van der Waals surface area contributed by atoms with Crippen molar-refractivity contribution >= 4 is 11.5 Å². The van der Waals surface area contributed by atoms with Gasteiger partial charge in [0, 0.05) is 18.9 Å². The predicted molar refractivity (Wildman–Crippen MR) is 64.6 cm³/mol. The van der Waals surface area contributed by atoms with Gasteiger partial charge in [-0.25, -0.2) is 4.98 Å². The smallest absolute Gasteiger partial charge is 0.138 e. The maximum atomic E-state index is 9.65. The fourth-order valence-electron chi connectivity index (χ4n) is 1.75. The molecular weight excluding hydrogens is 202 g/mol. The van der Waals surface area contributed by atoms with Crippen LogP contribution in [-0.2, 0) is 0 Å². The van der Waals surface area contributed by atoms with Crippen LogP contribution in [0.3, 0.4) is 0 Å². The summed E-state index contributed by atoms with van der Waals surface area (Å²) in [5.74, 6) is 0.963. The van der Waals surface area contributed by atoms with E-state index in [4.69, 9.17) is 0 Å². The standard InChI is InChI=1S/C12H17N3O/c1-2-4-10(16)9-14-12-6-3-5-11-13-7-8-15(11)12/h3,5-8,10,14,16H,2,4,9H2,1H3. The fourth-order valence-corrected chi connectivity index (χ4v) is 1.75. The van der Waals surface area contributed by atoms with Crippen LogP contribution < -0.4 is 5.32 Å². The van der Waals surface area contributed by atoms with Crippen LogP contribution in [0.1, 0.15) is 19.8 Å². The Morgan fingerprint density at radius 3 is 3.19 bits per heavy atom. The molecule has 4 nitrogen and oxygen atoms in total. The van der Waals surface area contributed by atoms with Crippen molar-refractivity contribution in [3.8, 4) is 0 Å². The molecule has 2 rings (SSSR count). The van der Waals surface area contributed by atoms with Gasteiger partial charge < -0.3 is 10.4 Å². The second-order valence-corrected chi connectivity index (χ2v) is 3.89. The molecule has 2 aromatic heterocycles. The van der Waals surface area contributed by atoms with Gasteiger partial charge in [0.25, 0.3) is 0 Å². The van der Waals surface area contributed by atoms with Crippen molar-refractivity contribution < 1.29 is 5.11 Å². The van der Waals surface area contributed by atoms with Crippen LogP contribution in [-0.4, -0.2) is 27.1 Å².